The van der Waals surface area contributed by atoms with Crippen LogP contribution in [0.2, 0.25) is 0 Å². The summed E-state index contributed by atoms with van der Waals surface area (Å²) in [6.45, 7) is 5.15. The van der Waals surface area contributed by atoms with Gasteiger partial charge in [-0.15, -0.1) is 0 Å². The van der Waals surface area contributed by atoms with Crippen LogP contribution in [0.1, 0.15) is 44.6 Å². The van der Waals surface area contributed by atoms with E-state index in [1.165, 1.54) is 18.4 Å². The molecule has 2 fully saturated rings. The van der Waals surface area contributed by atoms with Gasteiger partial charge in [-0.25, -0.2) is 4.99 Å². The molecule has 1 aliphatic carbocycles. The standard InChI is InChI=1S/C22H32N4O2/c1-2-23-22(24-14-19-13-17-9-5-6-10-20(17)28-19)25-18-11-12-26(15-18)21(27)16-7-3-4-8-16/h5-6,9-10,16,18-19H,2-4,7-8,11-15H2,1H3,(H2,23,24,25). The molecule has 152 valence electrons. The van der Waals surface area contributed by atoms with E-state index in [0.717, 1.165) is 57.0 Å². The lowest BCUT2D eigenvalue weighted by atomic mass is 10.1. The van der Waals surface area contributed by atoms with Crippen LogP contribution >= 0.6 is 0 Å². The van der Waals surface area contributed by atoms with Gasteiger partial charge in [0.2, 0.25) is 5.91 Å². The van der Waals surface area contributed by atoms with E-state index in [1.807, 2.05) is 17.0 Å². The Balaban J connectivity index is 1.29. The number of hydrogen-bond acceptors (Lipinski definition) is 3. The van der Waals surface area contributed by atoms with Crippen molar-refractivity contribution in [3.05, 3.63) is 29.8 Å². The molecular weight excluding hydrogens is 352 g/mol. The Morgan fingerprint density at radius 1 is 1.25 bits per heavy atom. The second kappa shape index (κ2) is 8.84. The summed E-state index contributed by atoms with van der Waals surface area (Å²) in [5.41, 5.74) is 1.26. The van der Waals surface area contributed by atoms with Crippen molar-refractivity contribution < 1.29 is 9.53 Å². The fourth-order valence-electron chi connectivity index (χ4n) is 4.57. The molecule has 3 aliphatic rings. The molecule has 6 nitrogen and oxygen atoms in total. The second-order valence-corrected chi connectivity index (χ2v) is 8.17. The lowest BCUT2D eigenvalue weighted by Crippen LogP contribution is -2.45. The van der Waals surface area contributed by atoms with E-state index < -0.39 is 0 Å². The Labute approximate surface area is 167 Å². The van der Waals surface area contributed by atoms with Gasteiger partial charge < -0.3 is 20.3 Å². The van der Waals surface area contributed by atoms with Gasteiger partial charge in [0.05, 0.1) is 6.54 Å². The minimum atomic E-state index is 0.0943. The normalized spacial score (nSPS) is 24.9. The maximum absolute atomic E-state index is 12.6. The number of guanidine groups is 1. The molecule has 0 bridgehead atoms. The number of nitrogens with one attached hydrogen (secondary N) is 2. The number of likely N-dealkylation sites (tertiary alicyclic amines) is 1. The molecule has 2 N–H and O–H groups in total. The number of fused-ring (bicyclic) bond motifs is 1. The second-order valence-electron chi connectivity index (χ2n) is 8.17. The van der Waals surface area contributed by atoms with E-state index in [2.05, 4.69) is 29.7 Å². The van der Waals surface area contributed by atoms with Gasteiger partial charge in [0.1, 0.15) is 11.9 Å². The molecule has 2 heterocycles. The molecule has 0 spiro atoms. The molecule has 1 aromatic carbocycles. The first-order valence-electron chi connectivity index (χ1n) is 10.8. The molecular formula is C22H32N4O2. The van der Waals surface area contributed by atoms with Gasteiger partial charge in [0.25, 0.3) is 0 Å². The molecule has 4 rings (SSSR count). The number of nitrogens with zero attached hydrogens (tertiary/aromatic N) is 2. The van der Waals surface area contributed by atoms with Crippen molar-refractivity contribution in [3.8, 4) is 5.75 Å². The SMILES string of the molecule is CCNC(=NCC1Cc2ccccc2O1)NC1CCN(C(=O)C2CCCC2)C1. The van der Waals surface area contributed by atoms with E-state index in [0.29, 0.717) is 12.5 Å². The minimum absolute atomic E-state index is 0.0943. The number of carbonyl (C=O) groups excluding carboxylic acids is 1. The molecule has 6 heteroatoms. The maximum Gasteiger partial charge on any atom is 0.225 e. The highest BCUT2D eigenvalue weighted by Crippen LogP contribution is 2.29. The minimum Gasteiger partial charge on any atom is -0.488 e. The number of aliphatic imine (C=N–C) groups is 1. The van der Waals surface area contributed by atoms with Crippen molar-refractivity contribution in [1.82, 2.24) is 15.5 Å². The van der Waals surface area contributed by atoms with Crippen molar-refractivity contribution in [2.24, 2.45) is 10.9 Å². The van der Waals surface area contributed by atoms with Crippen molar-refractivity contribution in [2.45, 2.75) is 57.6 Å². The van der Waals surface area contributed by atoms with Gasteiger partial charge in [-0.1, -0.05) is 31.0 Å². The summed E-state index contributed by atoms with van der Waals surface area (Å²) < 4.78 is 6.00. The lowest BCUT2D eigenvalue weighted by Gasteiger charge is -2.21. The Kier molecular flexibility index (Phi) is 6.03. The molecule has 1 aromatic rings. The highest BCUT2D eigenvalue weighted by Gasteiger charge is 2.32. The number of hydrogen-bond donors (Lipinski definition) is 2. The number of rotatable bonds is 5. The van der Waals surface area contributed by atoms with Gasteiger partial charge in [-0.05, 0) is 37.8 Å². The predicted molar refractivity (Wildman–Crippen MR) is 111 cm³/mol. The van der Waals surface area contributed by atoms with E-state index >= 15 is 0 Å². The van der Waals surface area contributed by atoms with Gasteiger partial charge in [-0.2, -0.15) is 0 Å². The van der Waals surface area contributed by atoms with E-state index in [9.17, 15) is 4.79 Å². The highest BCUT2D eigenvalue weighted by molar-refractivity contribution is 5.81. The Hall–Kier alpha value is -2.24. The largest absolute Gasteiger partial charge is 0.488 e. The summed E-state index contributed by atoms with van der Waals surface area (Å²) in [5.74, 6) is 2.43. The van der Waals surface area contributed by atoms with Crippen LogP contribution in [0.3, 0.4) is 0 Å². The number of carbonyl (C=O) groups is 1. The van der Waals surface area contributed by atoms with E-state index in [4.69, 9.17) is 9.73 Å². The van der Waals surface area contributed by atoms with E-state index in [-0.39, 0.29) is 18.1 Å². The average molecular weight is 385 g/mol. The number of benzene rings is 1. The number of amides is 1. The Morgan fingerprint density at radius 2 is 2.07 bits per heavy atom. The summed E-state index contributed by atoms with van der Waals surface area (Å²) in [7, 11) is 0. The fraction of sp³-hybridized carbons (Fsp3) is 0.636. The van der Waals surface area contributed by atoms with Gasteiger partial charge in [-0.3, -0.25) is 4.79 Å². The summed E-state index contributed by atoms with van der Waals surface area (Å²) in [4.78, 5) is 19.5. The van der Waals surface area contributed by atoms with Crippen LogP contribution in [0.15, 0.2) is 29.3 Å². The predicted octanol–water partition coefficient (Wildman–Crippen LogP) is 2.34. The Bertz CT molecular complexity index is 689. The zero-order valence-corrected chi connectivity index (χ0v) is 16.8. The Morgan fingerprint density at radius 3 is 2.86 bits per heavy atom. The van der Waals surface area contributed by atoms with Crippen molar-refractivity contribution >= 4 is 11.9 Å². The quantitative estimate of drug-likeness (QED) is 0.604. The average Bonchev–Trinajstić information content (AvgIpc) is 3.45. The monoisotopic (exact) mass is 384 g/mol. The first-order chi connectivity index (χ1) is 13.7. The van der Waals surface area contributed by atoms with Crippen LogP contribution in [0.5, 0.6) is 5.75 Å². The number of ether oxygens (including phenoxy) is 1. The molecule has 0 radical (unpaired) electrons. The van der Waals surface area contributed by atoms with E-state index in [1.54, 1.807) is 0 Å². The molecule has 0 aromatic heterocycles. The molecule has 28 heavy (non-hydrogen) atoms. The van der Waals surface area contributed by atoms with Crippen LogP contribution in [0.4, 0.5) is 0 Å². The lowest BCUT2D eigenvalue weighted by molar-refractivity contribution is -0.134. The molecule has 2 atom stereocenters. The first kappa shape index (κ1) is 19.1. The zero-order chi connectivity index (χ0) is 19.3. The third-order valence-electron chi connectivity index (χ3n) is 6.06. The summed E-state index contributed by atoms with van der Waals surface area (Å²) in [5, 5.41) is 6.86. The fourth-order valence-corrected chi connectivity index (χ4v) is 4.57. The highest BCUT2D eigenvalue weighted by atomic mass is 16.5. The smallest absolute Gasteiger partial charge is 0.225 e. The van der Waals surface area contributed by atoms with Crippen LogP contribution in [0.25, 0.3) is 0 Å². The topological polar surface area (TPSA) is 66.0 Å². The number of para-hydroxylation sites is 1. The van der Waals surface area contributed by atoms with Crippen molar-refractivity contribution in [3.63, 3.8) is 0 Å². The van der Waals surface area contributed by atoms with Crippen LogP contribution < -0.4 is 15.4 Å². The first-order valence-corrected chi connectivity index (χ1v) is 10.8. The summed E-state index contributed by atoms with van der Waals surface area (Å²) >= 11 is 0. The van der Waals surface area contributed by atoms with Crippen LogP contribution in [0, 0.1) is 5.92 Å². The van der Waals surface area contributed by atoms with Gasteiger partial charge in [0, 0.05) is 38.0 Å². The molecule has 2 unspecified atom stereocenters. The van der Waals surface area contributed by atoms with Gasteiger partial charge in [0.15, 0.2) is 5.96 Å². The summed E-state index contributed by atoms with van der Waals surface area (Å²) in [6.07, 6.45) is 6.53. The maximum atomic E-state index is 12.6. The third kappa shape index (κ3) is 4.42. The summed E-state index contributed by atoms with van der Waals surface area (Å²) in [6, 6.07) is 8.48. The molecule has 1 amide bonds. The van der Waals surface area contributed by atoms with Crippen molar-refractivity contribution in [1.29, 1.82) is 0 Å². The van der Waals surface area contributed by atoms with Crippen LogP contribution in [-0.4, -0.2) is 55.1 Å². The molecule has 1 saturated carbocycles. The van der Waals surface area contributed by atoms with Crippen LogP contribution in [-0.2, 0) is 11.2 Å². The zero-order valence-electron chi connectivity index (χ0n) is 16.8. The third-order valence-corrected chi connectivity index (χ3v) is 6.06. The van der Waals surface area contributed by atoms with Crippen molar-refractivity contribution in [2.75, 3.05) is 26.2 Å². The van der Waals surface area contributed by atoms with Gasteiger partial charge >= 0.3 is 0 Å². The molecule has 2 aliphatic heterocycles. The molecule has 1 saturated heterocycles.